The Morgan fingerprint density at radius 1 is 1.19 bits per heavy atom. The van der Waals surface area contributed by atoms with Gasteiger partial charge in [0.15, 0.2) is 0 Å². The normalized spacial score (nSPS) is 10.7. The van der Waals surface area contributed by atoms with Crippen molar-refractivity contribution >= 4 is 23.2 Å². The SMILES string of the molecule is CCCNCc1ccc(Oc2cc(Cl)ccc2Cl)nc1C. The Kier molecular flexibility index (Phi) is 5.85. The number of aromatic nitrogens is 1. The topological polar surface area (TPSA) is 34.1 Å². The predicted molar refractivity (Wildman–Crippen MR) is 87.5 cm³/mol. The van der Waals surface area contributed by atoms with Crippen molar-refractivity contribution in [2.24, 2.45) is 0 Å². The zero-order valence-corrected chi connectivity index (χ0v) is 13.6. The van der Waals surface area contributed by atoms with Crippen molar-refractivity contribution in [3.05, 3.63) is 51.6 Å². The van der Waals surface area contributed by atoms with Crippen LogP contribution in [0.1, 0.15) is 24.6 Å². The fourth-order valence-electron chi connectivity index (χ4n) is 1.88. The quantitative estimate of drug-likeness (QED) is 0.760. The third-order valence-electron chi connectivity index (χ3n) is 3.02. The van der Waals surface area contributed by atoms with Crippen molar-refractivity contribution in [3.8, 4) is 11.6 Å². The predicted octanol–water partition coefficient (Wildman–Crippen LogP) is 4.99. The van der Waals surface area contributed by atoms with Gasteiger partial charge in [-0.3, -0.25) is 0 Å². The third kappa shape index (κ3) is 4.60. The summed E-state index contributed by atoms with van der Waals surface area (Å²) in [6.45, 7) is 5.92. The molecule has 0 amide bonds. The summed E-state index contributed by atoms with van der Waals surface area (Å²) < 4.78 is 5.70. The monoisotopic (exact) mass is 324 g/mol. The molecule has 0 aliphatic rings. The number of benzene rings is 1. The van der Waals surface area contributed by atoms with E-state index in [-0.39, 0.29) is 0 Å². The molecule has 0 aliphatic carbocycles. The molecule has 3 nitrogen and oxygen atoms in total. The second-order valence-electron chi connectivity index (χ2n) is 4.75. The van der Waals surface area contributed by atoms with Crippen molar-refractivity contribution < 1.29 is 4.74 Å². The molecule has 0 fully saturated rings. The number of hydrogen-bond donors (Lipinski definition) is 1. The van der Waals surface area contributed by atoms with E-state index in [9.17, 15) is 0 Å². The number of rotatable bonds is 6. The molecule has 1 N–H and O–H groups in total. The minimum atomic E-state index is 0.507. The number of nitrogens with one attached hydrogen (secondary N) is 1. The van der Waals surface area contributed by atoms with Crippen molar-refractivity contribution in [2.75, 3.05) is 6.54 Å². The fourth-order valence-corrected chi connectivity index (χ4v) is 2.20. The molecule has 0 bridgehead atoms. The van der Waals surface area contributed by atoms with Crippen LogP contribution in [0, 0.1) is 6.92 Å². The second-order valence-corrected chi connectivity index (χ2v) is 5.59. The van der Waals surface area contributed by atoms with Gasteiger partial charge in [0.2, 0.25) is 5.88 Å². The Morgan fingerprint density at radius 3 is 2.71 bits per heavy atom. The average Bonchev–Trinajstić information content (AvgIpc) is 2.45. The van der Waals surface area contributed by atoms with E-state index < -0.39 is 0 Å². The Labute approximate surface area is 135 Å². The highest BCUT2D eigenvalue weighted by Gasteiger charge is 2.07. The maximum absolute atomic E-state index is 6.08. The van der Waals surface area contributed by atoms with E-state index in [1.54, 1.807) is 18.2 Å². The maximum Gasteiger partial charge on any atom is 0.219 e. The molecule has 1 heterocycles. The summed E-state index contributed by atoms with van der Waals surface area (Å²) in [7, 11) is 0. The van der Waals surface area contributed by atoms with E-state index >= 15 is 0 Å². The first kappa shape index (κ1) is 16.1. The van der Waals surface area contributed by atoms with Crippen LogP contribution in [0.3, 0.4) is 0 Å². The van der Waals surface area contributed by atoms with Crippen LogP contribution in [0.4, 0.5) is 0 Å². The molecule has 1 aromatic heterocycles. The van der Waals surface area contributed by atoms with Crippen molar-refractivity contribution in [3.63, 3.8) is 0 Å². The van der Waals surface area contributed by atoms with Crippen LogP contribution >= 0.6 is 23.2 Å². The number of nitrogens with zero attached hydrogens (tertiary/aromatic N) is 1. The Hall–Kier alpha value is -1.29. The van der Waals surface area contributed by atoms with Gasteiger partial charge in [0.25, 0.3) is 0 Å². The van der Waals surface area contributed by atoms with Gasteiger partial charge in [0.1, 0.15) is 5.75 Å². The molecule has 112 valence electrons. The van der Waals surface area contributed by atoms with Gasteiger partial charge in [0, 0.05) is 29.4 Å². The largest absolute Gasteiger partial charge is 0.437 e. The number of aryl methyl sites for hydroxylation is 1. The van der Waals surface area contributed by atoms with E-state index in [1.165, 1.54) is 0 Å². The van der Waals surface area contributed by atoms with Gasteiger partial charge in [-0.15, -0.1) is 0 Å². The number of pyridine rings is 1. The van der Waals surface area contributed by atoms with Crippen molar-refractivity contribution in [2.45, 2.75) is 26.8 Å². The molecule has 0 saturated carbocycles. The van der Waals surface area contributed by atoms with Gasteiger partial charge in [-0.25, -0.2) is 4.98 Å². The Bertz CT molecular complexity index is 617. The van der Waals surface area contributed by atoms with Crippen LogP contribution in [0.25, 0.3) is 0 Å². The lowest BCUT2D eigenvalue weighted by molar-refractivity contribution is 0.461. The molecule has 1 aromatic carbocycles. The van der Waals surface area contributed by atoms with Crippen molar-refractivity contribution in [1.29, 1.82) is 0 Å². The number of ether oxygens (including phenoxy) is 1. The standard InChI is InChI=1S/C16H18Cl2N2O/c1-3-8-19-10-12-4-7-16(20-11(12)2)21-15-9-13(17)5-6-14(15)18/h4-7,9,19H,3,8,10H2,1-2H3. The second kappa shape index (κ2) is 7.64. The summed E-state index contributed by atoms with van der Waals surface area (Å²) in [5, 5.41) is 4.44. The zero-order chi connectivity index (χ0) is 15.2. The molecule has 0 aliphatic heterocycles. The van der Waals surface area contributed by atoms with Gasteiger partial charge in [-0.05, 0) is 37.6 Å². The fraction of sp³-hybridized carbons (Fsp3) is 0.312. The van der Waals surface area contributed by atoms with E-state index in [2.05, 4.69) is 17.2 Å². The smallest absolute Gasteiger partial charge is 0.219 e. The Balaban J connectivity index is 2.11. The van der Waals surface area contributed by atoms with E-state index in [1.807, 2.05) is 19.1 Å². The van der Waals surface area contributed by atoms with Crippen LogP contribution in [-0.2, 0) is 6.54 Å². The highest BCUT2D eigenvalue weighted by atomic mass is 35.5. The van der Waals surface area contributed by atoms with E-state index in [0.29, 0.717) is 21.7 Å². The molecular weight excluding hydrogens is 307 g/mol. The van der Waals surface area contributed by atoms with E-state index in [4.69, 9.17) is 27.9 Å². The summed E-state index contributed by atoms with van der Waals surface area (Å²) in [4.78, 5) is 4.45. The molecule has 0 unspecified atom stereocenters. The average molecular weight is 325 g/mol. The molecule has 21 heavy (non-hydrogen) atoms. The minimum Gasteiger partial charge on any atom is -0.437 e. The van der Waals surface area contributed by atoms with Crippen LogP contribution < -0.4 is 10.1 Å². The molecule has 2 aromatic rings. The highest BCUT2D eigenvalue weighted by molar-refractivity contribution is 6.34. The molecule has 5 heteroatoms. The minimum absolute atomic E-state index is 0.507. The van der Waals surface area contributed by atoms with Crippen LogP contribution in [-0.4, -0.2) is 11.5 Å². The van der Waals surface area contributed by atoms with Crippen LogP contribution in [0.5, 0.6) is 11.6 Å². The highest BCUT2D eigenvalue weighted by Crippen LogP contribution is 2.31. The van der Waals surface area contributed by atoms with Crippen molar-refractivity contribution in [1.82, 2.24) is 10.3 Å². The van der Waals surface area contributed by atoms with Gasteiger partial charge in [-0.1, -0.05) is 36.2 Å². The third-order valence-corrected chi connectivity index (χ3v) is 3.57. The maximum atomic E-state index is 6.08. The Morgan fingerprint density at radius 2 is 2.00 bits per heavy atom. The lowest BCUT2D eigenvalue weighted by atomic mass is 10.2. The van der Waals surface area contributed by atoms with Crippen LogP contribution in [0.15, 0.2) is 30.3 Å². The first-order chi connectivity index (χ1) is 10.1. The first-order valence-corrected chi connectivity index (χ1v) is 7.66. The molecule has 0 spiro atoms. The summed E-state index contributed by atoms with van der Waals surface area (Å²) in [5.74, 6) is 1.02. The lowest BCUT2D eigenvalue weighted by Gasteiger charge is -2.10. The van der Waals surface area contributed by atoms with Gasteiger partial charge in [-0.2, -0.15) is 0 Å². The number of halogens is 2. The summed E-state index contributed by atoms with van der Waals surface area (Å²) in [6.07, 6.45) is 1.11. The molecule has 0 saturated heterocycles. The number of hydrogen-bond acceptors (Lipinski definition) is 3. The van der Waals surface area contributed by atoms with Gasteiger partial charge < -0.3 is 10.1 Å². The molecule has 2 rings (SSSR count). The summed E-state index contributed by atoms with van der Waals surface area (Å²) in [5.41, 5.74) is 2.10. The zero-order valence-electron chi connectivity index (χ0n) is 12.1. The molecule has 0 atom stereocenters. The van der Waals surface area contributed by atoms with Crippen LogP contribution in [0.2, 0.25) is 10.0 Å². The summed E-state index contributed by atoms with van der Waals surface area (Å²) >= 11 is 12.0. The summed E-state index contributed by atoms with van der Waals surface area (Å²) in [6, 6.07) is 8.95. The first-order valence-electron chi connectivity index (χ1n) is 6.90. The van der Waals surface area contributed by atoms with E-state index in [0.717, 1.165) is 30.8 Å². The molecule has 0 radical (unpaired) electrons. The lowest BCUT2D eigenvalue weighted by Crippen LogP contribution is -2.15. The van der Waals surface area contributed by atoms with Gasteiger partial charge in [0.05, 0.1) is 5.02 Å². The van der Waals surface area contributed by atoms with Gasteiger partial charge >= 0.3 is 0 Å². The molecular formula is C16H18Cl2N2O.